The molecule has 0 aliphatic carbocycles. The second-order valence-electron chi connectivity index (χ2n) is 5.52. The third-order valence-electron chi connectivity index (χ3n) is 3.26. The average molecular weight is 251 g/mol. The molecule has 2 rings (SSSR count). The van der Waals surface area contributed by atoms with Gasteiger partial charge in [0.05, 0.1) is 11.8 Å². The van der Waals surface area contributed by atoms with E-state index in [1.165, 1.54) is 12.8 Å². The molecule has 0 bridgehead atoms. The molecule has 102 valence electrons. The lowest BCUT2D eigenvalue weighted by molar-refractivity contribution is 0.0994. The molecule has 1 aromatic rings. The number of aryl methyl sites for hydroxylation is 1. The SMILES string of the molecule is CC(C)CNCc1ccn(CCC2CCCO2)n1. The Balaban J connectivity index is 1.68. The van der Waals surface area contributed by atoms with E-state index in [2.05, 4.69) is 36.5 Å². The van der Waals surface area contributed by atoms with E-state index in [4.69, 9.17) is 4.74 Å². The molecule has 1 atom stereocenters. The van der Waals surface area contributed by atoms with Gasteiger partial charge in [0.25, 0.3) is 0 Å². The highest BCUT2D eigenvalue weighted by Gasteiger charge is 2.15. The van der Waals surface area contributed by atoms with E-state index in [0.29, 0.717) is 12.0 Å². The topological polar surface area (TPSA) is 39.1 Å². The first kappa shape index (κ1) is 13.6. The molecule has 4 nitrogen and oxygen atoms in total. The number of aromatic nitrogens is 2. The average Bonchev–Trinajstić information content (AvgIpc) is 2.96. The Morgan fingerprint density at radius 1 is 1.56 bits per heavy atom. The number of rotatable bonds is 7. The number of nitrogens with one attached hydrogen (secondary N) is 1. The van der Waals surface area contributed by atoms with Gasteiger partial charge in [-0.05, 0) is 37.8 Å². The Labute approximate surface area is 110 Å². The fourth-order valence-electron chi connectivity index (χ4n) is 2.26. The molecule has 0 amide bonds. The van der Waals surface area contributed by atoms with Gasteiger partial charge in [-0.2, -0.15) is 5.10 Å². The first-order valence-electron chi connectivity index (χ1n) is 7.08. The number of hydrogen-bond acceptors (Lipinski definition) is 3. The molecule has 1 fully saturated rings. The monoisotopic (exact) mass is 251 g/mol. The Morgan fingerprint density at radius 2 is 2.44 bits per heavy atom. The predicted molar refractivity (Wildman–Crippen MR) is 72.4 cm³/mol. The smallest absolute Gasteiger partial charge is 0.0762 e. The van der Waals surface area contributed by atoms with Crippen LogP contribution in [0, 0.1) is 5.92 Å². The summed E-state index contributed by atoms with van der Waals surface area (Å²) in [7, 11) is 0. The number of ether oxygens (including phenoxy) is 1. The summed E-state index contributed by atoms with van der Waals surface area (Å²) in [6.07, 6.45) is 6.04. The van der Waals surface area contributed by atoms with Gasteiger partial charge in [-0.3, -0.25) is 4.68 Å². The zero-order valence-electron chi connectivity index (χ0n) is 11.6. The maximum Gasteiger partial charge on any atom is 0.0762 e. The van der Waals surface area contributed by atoms with Crippen LogP contribution in [-0.2, 0) is 17.8 Å². The quantitative estimate of drug-likeness (QED) is 0.807. The molecule has 0 radical (unpaired) electrons. The highest BCUT2D eigenvalue weighted by molar-refractivity contribution is 4.98. The van der Waals surface area contributed by atoms with E-state index in [1.807, 2.05) is 4.68 Å². The minimum atomic E-state index is 0.455. The number of hydrogen-bond donors (Lipinski definition) is 1. The summed E-state index contributed by atoms with van der Waals surface area (Å²) < 4.78 is 7.66. The van der Waals surface area contributed by atoms with Crippen molar-refractivity contribution in [2.24, 2.45) is 5.92 Å². The van der Waals surface area contributed by atoms with Gasteiger partial charge in [0.2, 0.25) is 0 Å². The summed E-state index contributed by atoms with van der Waals surface area (Å²) >= 11 is 0. The lowest BCUT2D eigenvalue weighted by Gasteiger charge is -2.08. The summed E-state index contributed by atoms with van der Waals surface area (Å²) in [5.74, 6) is 0.687. The van der Waals surface area contributed by atoms with Crippen molar-refractivity contribution in [3.63, 3.8) is 0 Å². The van der Waals surface area contributed by atoms with Crippen LogP contribution < -0.4 is 5.32 Å². The van der Waals surface area contributed by atoms with Gasteiger partial charge in [-0.25, -0.2) is 0 Å². The standard InChI is InChI=1S/C14H25N3O/c1-12(2)10-15-11-13-5-7-17(16-13)8-6-14-4-3-9-18-14/h5,7,12,14-15H,3-4,6,8-11H2,1-2H3. The maximum atomic E-state index is 5.62. The molecule has 0 saturated carbocycles. The highest BCUT2D eigenvalue weighted by Crippen LogP contribution is 2.15. The normalized spacial score (nSPS) is 19.8. The molecule has 1 saturated heterocycles. The van der Waals surface area contributed by atoms with Crippen molar-refractivity contribution in [2.75, 3.05) is 13.2 Å². The Hall–Kier alpha value is -0.870. The zero-order chi connectivity index (χ0) is 12.8. The zero-order valence-corrected chi connectivity index (χ0v) is 11.6. The van der Waals surface area contributed by atoms with Gasteiger partial charge in [0.1, 0.15) is 0 Å². The van der Waals surface area contributed by atoms with E-state index < -0.39 is 0 Å². The van der Waals surface area contributed by atoms with Crippen LogP contribution in [0.2, 0.25) is 0 Å². The molecule has 0 spiro atoms. The fraction of sp³-hybridized carbons (Fsp3) is 0.786. The second kappa shape index (κ2) is 6.90. The van der Waals surface area contributed by atoms with Gasteiger partial charge >= 0.3 is 0 Å². The summed E-state index contributed by atoms with van der Waals surface area (Å²) in [4.78, 5) is 0. The van der Waals surface area contributed by atoms with Crippen molar-refractivity contribution in [2.45, 2.75) is 52.3 Å². The van der Waals surface area contributed by atoms with Crippen molar-refractivity contribution >= 4 is 0 Å². The van der Waals surface area contributed by atoms with Gasteiger partial charge in [-0.15, -0.1) is 0 Å². The fourth-order valence-corrected chi connectivity index (χ4v) is 2.26. The van der Waals surface area contributed by atoms with E-state index >= 15 is 0 Å². The van der Waals surface area contributed by atoms with Crippen LogP contribution in [0.4, 0.5) is 0 Å². The second-order valence-corrected chi connectivity index (χ2v) is 5.52. The summed E-state index contributed by atoms with van der Waals surface area (Å²) in [5, 5.41) is 7.98. The molecule has 1 N–H and O–H groups in total. The Kier molecular flexibility index (Phi) is 5.20. The molecular weight excluding hydrogens is 226 g/mol. The summed E-state index contributed by atoms with van der Waals surface area (Å²) in [6.45, 7) is 8.25. The lowest BCUT2D eigenvalue weighted by Crippen LogP contribution is -2.19. The molecule has 4 heteroatoms. The molecule has 1 aliphatic heterocycles. The van der Waals surface area contributed by atoms with Crippen molar-refractivity contribution in [1.82, 2.24) is 15.1 Å². The van der Waals surface area contributed by atoms with Gasteiger partial charge in [0.15, 0.2) is 0 Å². The summed E-state index contributed by atoms with van der Waals surface area (Å²) in [5.41, 5.74) is 1.13. The molecule has 1 unspecified atom stereocenters. The van der Waals surface area contributed by atoms with E-state index in [1.54, 1.807) is 0 Å². The molecule has 0 aromatic carbocycles. The van der Waals surface area contributed by atoms with Crippen molar-refractivity contribution in [1.29, 1.82) is 0 Å². The molecule has 2 heterocycles. The van der Waals surface area contributed by atoms with Gasteiger partial charge in [0, 0.05) is 25.9 Å². The third-order valence-corrected chi connectivity index (χ3v) is 3.26. The number of nitrogens with zero attached hydrogens (tertiary/aromatic N) is 2. The molecule has 1 aliphatic rings. The van der Waals surface area contributed by atoms with E-state index in [-0.39, 0.29) is 0 Å². The molecular formula is C14H25N3O. The minimum absolute atomic E-state index is 0.455. The third kappa shape index (κ3) is 4.42. The Morgan fingerprint density at radius 3 is 3.17 bits per heavy atom. The lowest BCUT2D eigenvalue weighted by atomic mass is 10.2. The molecule has 1 aromatic heterocycles. The van der Waals surface area contributed by atoms with Crippen LogP contribution in [0.15, 0.2) is 12.3 Å². The van der Waals surface area contributed by atoms with Crippen LogP contribution >= 0.6 is 0 Å². The van der Waals surface area contributed by atoms with Gasteiger partial charge < -0.3 is 10.1 Å². The summed E-state index contributed by atoms with van der Waals surface area (Å²) in [6, 6.07) is 2.10. The maximum absolute atomic E-state index is 5.62. The van der Waals surface area contributed by atoms with Crippen molar-refractivity contribution in [3.05, 3.63) is 18.0 Å². The van der Waals surface area contributed by atoms with Crippen molar-refractivity contribution < 1.29 is 4.74 Å². The predicted octanol–water partition coefficient (Wildman–Crippen LogP) is 2.20. The van der Waals surface area contributed by atoms with Gasteiger partial charge in [-0.1, -0.05) is 13.8 Å². The van der Waals surface area contributed by atoms with Crippen molar-refractivity contribution in [3.8, 4) is 0 Å². The van der Waals surface area contributed by atoms with Crippen LogP contribution in [0.1, 0.15) is 38.8 Å². The van der Waals surface area contributed by atoms with E-state index in [9.17, 15) is 0 Å². The minimum Gasteiger partial charge on any atom is -0.378 e. The highest BCUT2D eigenvalue weighted by atomic mass is 16.5. The van der Waals surface area contributed by atoms with Crippen LogP contribution in [0.5, 0.6) is 0 Å². The van der Waals surface area contributed by atoms with Crippen LogP contribution in [0.3, 0.4) is 0 Å². The Bertz CT molecular complexity index is 343. The first-order valence-corrected chi connectivity index (χ1v) is 7.08. The largest absolute Gasteiger partial charge is 0.378 e. The van der Waals surface area contributed by atoms with Crippen LogP contribution in [0.25, 0.3) is 0 Å². The first-order chi connectivity index (χ1) is 8.74. The van der Waals surface area contributed by atoms with Crippen LogP contribution in [-0.4, -0.2) is 29.0 Å². The van der Waals surface area contributed by atoms with E-state index in [0.717, 1.165) is 38.4 Å². The molecule has 18 heavy (non-hydrogen) atoms.